The molecule has 13 heteroatoms. The molecular weight excluding hydrogens is 640 g/mol. The number of rotatable bonds is 8. The third-order valence-electron chi connectivity index (χ3n) is 6.65. The summed E-state index contributed by atoms with van der Waals surface area (Å²) in [6, 6.07) is 5.42. The lowest BCUT2D eigenvalue weighted by atomic mass is 9.98. The van der Waals surface area contributed by atoms with Crippen LogP contribution in [0.25, 0.3) is 11.1 Å². The van der Waals surface area contributed by atoms with Crippen molar-refractivity contribution in [3.63, 3.8) is 0 Å². The SMILES string of the molecule is CCCCCc1cc(F)c(-c2ccc(C#Cc3cc(F)c(C(F)(F)Oc4cc(F)c(C(F)(F)F)c(F)c4)c(F)c3)c(F)c2)c(F)c1. The molecule has 4 rings (SSSR count). The van der Waals surface area contributed by atoms with Gasteiger partial charge in [0, 0.05) is 17.7 Å². The molecule has 0 atom stereocenters. The van der Waals surface area contributed by atoms with Crippen LogP contribution >= 0.6 is 0 Å². The molecule has 0 radical (unpaired) electrons. The van der Waals surface area contributed by atoms with Gasteiger partial charge in [-0.05, 0) is 60.4 Å². The van der Waals surface area contributed by atoms with E-state index in [0.717, 1.165) is 49.6 Å². The Labute approximate surface area is 254 Å². The van der Waals surface area contributed by atoms with Crippen LogP contribution in [-0.2, 0) is 18.7 Å². The largest absolute Gasteiger partial charge is 0.432 e. The molecule has 0 heterocycles. The second kappa shape index (κ2) is 13.4. The van der Waals surface area contributed by atoms with Crippen LogP contribution in [0.2, 0.25) is 0 Å². The number of hydrogen-bond donors (Lipinski definition) is 0. The molecule has 46 heavy (non-hydrogen) atoms. The molecule has 0 aliphatic carbocycles. The Kier molecular flexibility index (Phi) is 9.99. The van der Waals surface area contributed by atoms with Gasteiger partial charge >= 0.3 is 12.3 Å². The van der Waals surface area contributed by atoms with Gasteiger partial charge in [-0.25, -0.2) is 30.7 Å². The lowest BCUT2D eigenvalue weighted by molar-refractivity contribution is -0.189. The van der Waals surface area contributed by atoms with Gasteiger partial charge < -0.3 is 4.74 Å². The molecule has 0 N–H and O–H groups in total. The summed E-state index contributed by atoms with van der Waals surface area (Å²) in [6.07, 6.45) is -7.51. The summed E-state index contributed by atoms with van der Waals surface area (Å²) >= 11 is 0. The first-order chi connectivity index (χ1) is 21.5. The minimum Gasteiger partial charge on any atom is -0.429 e. The maximum absolute atomic E-state index is 14.8. The topological polar surface area (TPSA) is 9.23 Å². The number of hydrogen-bond acceptors (Lipinski definition) is 1. The number of halogens is 12. The van der Waals surface area contributed by atoms with Crippen molar-refractivity contribution in [3.05, 3.63) is 123 Å². The summed E-state index contributed by atoms with van der Waals surface area (Å²) < 4.78 is 172. The van der Waals surface area contributed by atoms with Gasteiger partial charge in [-0.3, -0.25) is 0 Å². The fourth-order valence-electron chi connectivity index (χ4n) is 4.54. The lowest BCUT2D eigenvalue weighted by Gasteiger charge is -2.20. The normalized spacial score (nSPS) is 11.8. The molecule has 0 aromatic heterocycles. The monoisotopic (exact) mass is 660 g/mol. The Morgan fingerprint density at radius 2 is 1.17 bits per heavy atom. The van der Waals surface area contributed by atoms with E-state index in [9.17, 15) is 52.7 Å². The van der Waals surface area contributed by atoms with Gasteiger partial charge in [0.05, 0.1) is 11.1 Å². The van der Waals surface area contributed by atoms with Crippen LogP contribution in [0, 0.1) is 52.6 Å². The number of unbranched alkanes of at least 4 members (excludes halogenated alkanes) is 2. The predicted molar refractivity (Wildman–Crippen MR) is 143 cm³/mol. The van der Waals surface area contributed by atoms with Crippen LogP contribution < -0.4 is 4.74 Å². The van der Waals surface area contributed by atoms with E-state index in [4.69, 9.17) is 0 Å². The molecule has 0 aliphatic rings. The molecule has 0 saturated carbocycles. The molecule has 4 aromatic rings. The van der Waals surface area contributed by atoms with E-state index in [-0.39, 0.29) is 23.3 Å². The molecule has 0 saturated heterocycles. The van der Waals surface area contributed by atoms with Crippen LogP contribution in [0.15, 0.2) is 54.6 Å². The minimum absolute atomic E-state index is 0.158. The average Bonchev–Trinajstić information content (AvgIpc) is 2.90. The Bertz CT molecular complexity index is 1760. The highest BCUT2D eigenvalue weighted by atomic mass is 19.4. The van der Waals surface area contributed by atoms with Crippen LogP contribution in [0.1, 0.15) is 54.0 Å². The minimum atomic E-state index is -5.51. The number of benzene rings is 4. The van der Waals surface area contributed by atoms with Gasteiger partial charge in [0.1, 0.15) is 57.6 Å². The van der Waals surface area contributed by atoms with Crippen molar-refractivity contribution < 1.29 is 57.4 Å². The fourth-order valence-corrected chi connectivity index (χ4v) is 4.54. The van der Waals surface area contributed by atoms with Gasteiger partial charge in [0.25, 0.3) is 0 Å². The number of aryl methyl sites for hydroxylation is 1. The Morgan fingerprint density at radius 3 is 1.70 bits per heavy atom. The van der Waals surface area contributed by atoms with E-state index in [1.807, 2.05) is 6.92 Å². The van der Waals surface area contributed by atoms with E-state index in [0.29, 0.717) is 24.1 Å². The Morgan fingerprint density at radius 1 is 0.609 bits per heavy atom. The summed E-state index contributed by atoms with van der Waals surface area (Å²) in [5.41, 5.74) is -5.62. The summed E-state index contributed by atoms with van der Waals surface area (Å²) in [6.45, 7) is 1.98. The fraction of sp³-hybridized carbons (Fsp3) is 0.212. The van der Waals surface area contributed by atoms with E-state index >= 15 is 0 Å². The zero-order valence-electron chi connectivity index (χ0n) is 23.5. The van der Waals surface area contributed by atoms with Gasteiger partial charge in [-0.2, -0.15) is 22.0 Å². The Balaban J connectivity index is 1.57. The van der Waals surface area contributed by atoms with Gasteiger partial charge in [-0.15, -0.1) is 0 Å². The van der Waals surface area contributed by atoms with E-state index < -0.39 is 81.0 Å². The Hall–Kier alpha value is -4.60. The molecule has 0 aliphatic heterocycles. The van der Waals surface area contributed by atoms with Crippen molar-refractivity contribution in [2.75, 3.05) is 0 Å². The molecule has 242 valence electrons. The van der Waals surface area contributed by atoms with E-state index in [2.05, 4.69) is 16.6 Å². The lowest BCUT2D eigenvalue weighted by Crippen LogP contribution is -2.25. The first-order valence-electron chi connectivity index (χ1n) is 13.4. The van der Waals surface area contributed by atoms with E-state index in [1.165, 1.54) is 0 Å². The van der Waals surface area contributed by atoms with Crippen LogP contribution in [0.3, 0.4) is 0 Å². The second-order valence-corrected chi connectivity index (χ2v) is 10.0. The van der Waals surface area contributed by atoms with Crippen molar-refractivity contribution in [2.24, 2.45) is 0 Å². The number of alkyl halides is 5. The first kappa shape index (κ1) is 34.3. The first-order valence-corrected chi connectivity index (χ1v) is 13.4. The van der Waals surface area contributed by atoms with Crippen molar-refractivity contribution in [1.82, 2.24) is 0 Å². The van der Waals surface area contributed by atoms with Gasteiger partial charge in [0.15, 0.2) is 0 Å². The quantitative estimate of drug-likeness (QED) is 0.104. The highest BCUT2D eigenvalue weighted by Crippen LogP contribution is 2.39. The number of ether oxygens (including phenoxy) is 1. The van der Waals surface area contributed by atoms with Crippen molar-refractivity contribution in [2.45, 2.75) is 44.9 Å². The van der Waals surface area contributed by atoms with Crippen molar-refractivity contribution in [1.29, 1.82) is 0 Å². The molecule has 1 nitrogen and oxygen atoms in total. The summed E-state index contributed by atoms with van der Waals surface area (Å²) in [7, 11) is 0. The maximum atomic E-state index is 14.8. The third-order valence-corrected chi connectivity index (χ3v) is 6.65. The summed E-state index contributed by atoms with van der Waals surface area (Å²) in [5, 5.41) is 0. The molecule has 0 amide bonds. The second-order valence-electron chi connectivity index (χ2n) is 10.0. The highest BCUT2D eigenvalue weighted by Gasteiger charge is 2.43. The maximum Gasteiger partial charge on any atom is 0.432 e. The average molecular weight is 660 g/mol. The van der Waals surface area contributed by atoms with Crippen LogP contribution in [-0.4, -0.2) is 0 Å². The van der Waals surface area contributed by atoms with Crippen molar-refractivity contribution in [3.8, 4) is 28.7 Å². The zero-order chi connectivity index (χ0) is 34.0. The van der Waals surface area contributed by atoms with Crippen LogP contribution in [0.4, 0.5) is 52.7 Å². The zero-order valence-corrected chi connectivity index (χ0v) is 23.5. The molecule has 0 spiro atoms. The predicted octanol–water partition coefficient (Wildman–Crippen LogP) is 10.6. The molecular formula is C33H20F12O. The summed E-state index contributed by atoms with van der Waals surface area (Å²) in [5.74, 6) is -8.58. The molecule has 0 fully saturated rings. The third kappa shape index (κ3) is 7.61. The molecule has 0 bridgehead atoms. The molecule has 0 unspecified atom stereocenters. The molecule has 4 aromatic carbocycles. The van der Waals surface area contributed by atoms with Crippen LogP contribution in [0.5, 0.6) is 5.75 Å². The highest BCUT2D eigenvalue weighted by molar-refractivity contribution is 5.66. The van der Waals surface area contributed by atoms with Gasteiger partial charge in [-0.1, -0.05) is 37.7 Å². The summed E-state index contributed by atoms with van der Waals surface area (Å²) in [4.78, 5) is 0. The van der Waals surface area contributed by atoms with Crippen molar-refractivity contribution >= 4 is 0 Å². The standard InChI is InChI=1S/C33H20F12O/c1-2-3-4-5-17-10-23(35)29(24(36)11-17)20-9-8-19(22(34)14-20)7-6-18-12-25(37)31(26(38)13-18)33(44,45)46-21-15-27(39)30(28(40)16-21)32(41,42)43/h8-16H,2-5H2,1H3. The van der Waals surface area contributed by atoms with E-state index in [1.54, 1.807) is 0 Å². The van der Waals surface area contributed by atoms with Gasteiger partial charge in [0.2, 0.25) is 0 Å². The smallest absolute Gasteiger partial charge is 0.429 e.